The van der Waals surface area contributed by atoms with Gasteiger partial charge in [0.25, 0.3) is 0 Å². The summed E-state index contributed by atoms with van der Waals surface area (Å²) in [6.07, 6.45) is 3.06. The molecule has 2 rings (SSSR count). The molecule has 0 fully saturated rings. The third kappa shape index (κ3) is 5.32. The highest BCUT2D eigenvalue weighted by molar-refractivity contribution is 5.98. The van der Waals surface area contributed by atoms with Crippen molar-refractivity contribution >= 4 is 23.6 Å². The van der Waals surface area contributed by atoms with E-state index in [1.807, 2.05) is 30.3 Å². The number of hydrogen-bond donors (Lipinski definition) is 3. The molecule has 0 bridgehead atoms. The largest absolute Gasteiger partial charge is 0.508 e. The minimum absolute atomic E-state index is 0.127. The minimum atomic E-state index is -0.342. The number of hydrogen-bond acceptors (Lipinski definition) is 3. The smallest absolute Gasteiger partial charge is 0.244 e. The maximum Gasteiger partial charge on any atom is 0.244 e. The van der Waals surface area contributed by atoms with Crippen LogP contribution in [-0.2, 0) is 9.59 Å². The Morgan fingerprint density at radius 1 is 1.13 bits per heavy atom. The molecule has 3 N–H and O–H groups in total. The Bertz CT molecular complexity index is 724. The maximum absolute atomic E-state index is 11.8. The van der Waals surface area contributed by atoms with Crippen LogP contribution in [0.1, 0.15) is 11.1 Å². The van der Waals surface area contributed by atoms with Crippen LogP contribution in [0.15, 0.2) is 54.6 Å². The molecule has 0 aliphatic carbocycles. The summed E-state index contributed by atoms with van der Waals surface area (Å²) in [5, 5.41) is 14.6. The van der Waals surface area contributed by atoms with Crippen LogP contribution in [0.5, 0.6) is 5.75 Å². The summed E-state index contributed by atoms with van der Waals surface area (Å²) in [6, 6.07) is 14.2. The Hall–Kier alpha value is -3.08. The first-order valence-electron chi connectivity index (χ1n) is 7.15. The van der Waals surface area contributed by atoms with Gasteiger partial charge in [-0.3, -0.25) is 9.59 Å². The van der Waals surface area contributed by atoms with Crippen molar-refractivity contribution in [1.29, 1.82) is 0 Å². The van der Waals surface area contributed by atoms with Crippen molar-refractivity contribution in [3.8, 4) is 5.75 Å². The molecule has 0 saturated heterocycles. The lowest BCUT2D eigenvalue weighted by molar-refractivity contribution is -0.121. The first kappa shape index (κ1) is 16.3. The van der Waals surface area contributed by atoms with E-state index in [0.29, 0.717) is 11.3 Å². The normalized spacial score (nSPS) is 10.5. The predicted octanol–water partition coefficient (Wildman–Crippen LogP) is 2.47. The van der Waals surface area contributed by atoms with Crippen molar-refractivity contribution in [2.75, 3.05) is 11.9 Å². The monoisotopic (exact) mass is 310 g/mol. The highest BCUT2D eigenvalue weighted by Gasteiger charge is 2.05. The van der Waals surface area contributed by atoms with Gasteiger partial charge in [0, 0.05) is 11.8 Å². The molecular weight excluding hydrogens is 292 g/mol. The summed E-state index contributed by atoms with van der Waals surface area (Å²) < 4.78 is 0. The highest BCUT2D eigenvalue weighted by Crippen LogP contribution is 2.19. The van der Waals surface area contributed by atoms with Crippen molar-refractivity contribution < 1.29 is 14.7 Å². The van der Waals surface area contributed by atoms with Crippen LogP contribution in [0.3, 0.4) is 0 Å². The average molecular weight is 310 g/mol. The van der Waals surface area contributed by atoms with Crippen molar-refractivity contribution in [1.82, 2.24) is 5.32 Å². The van der Waals surface area contributed by atoms with Crippen LogP contribution in [0.4, 0.5) is 5.69 Å². The maximum atomic E-state index is 11.8. The Kier molecular flexibility index (Phi) is 5.52. The second-order valence-electron chi connectivity index (χ2n) is 5.01. The van der Waals surface area contributed by atoms with E-state index in [1.165, 1.54) is 12.1 Å². The number of amides is 2. The molecule has 0 spiro atoms. The van der Waals surface area contributed by atoms with E-state index in [9.17, 15) is 14.7 Å². The number of aromatic hydroxyl groups is 1. The van der Waals surface area contributed by atoms with Crippen LogP contribution >= 0.6 is 0 Å². The number of phenolic OH excluding ortho intramolecular Hbond substituents is 1. The fraction of sp³-hybridized carbons (Fsp3) is 0.111. The summed E-state index contributed by atoms with van der Waals surface area (Å²) in [6.45, 7) is 1.61. The minimum Gasteiger partial charge on any atom is -0.508 e. The van der Waals surface area contributed by atoms with Gasteiger partial charge in [-0.15, -0.1) is 0 Å². The molecular formula is C18H18N2O3. The Balaban J connectivity index is 1.80. The summed E-state index contributed by atoms with van der Waals surface area (Å²) in [4.78, 5) is 23.4. The number of nitrogens with one attached hydrogen (secondary N) is 2. The standard InChI is InChI=1S/C18H18N2O3/c1-13-11-15(8-9-16(13)21)20-18(23)12-19-17(22)10-7-14-5-3-2-4-6-14/h2-11,21H,12H2,1H3,(H,19,22)(H,20,23)/b10-7+. The van der Waals surface area contributed by atoms with E-state index >= 15 is 0 Å². The van der Waals surface area contributed by atoms with Crippen LogP contribution in [-0.4, -0.2) is 23.5 Å². The van der Waals surface area contributed by atoms with Crippen molar-refractivity contribution in [3.63, 3.8) is 0 Å². The van der Waals surface area contributed by atoms with Gasteiger partial charge in [-0.2, -0.15) is 0 Å². The fourth-order valence-electron chi connectivity index (χ4n) is 1.90. The number of benzene rings is 2. The second kappa shape index (κ2) is 7.79. The summed E-state index contributed by atoms with van der Waals surface area (Å²) in [5.74, 6) is -0.509. The van der Waals surface area contributed by atoms with Crippen molar-refractivity contribution in [2.24, 2.45) is 0 Å². The second-order valence-corrected chi connectivity index (χ2v) is 5.01. The van der Waals surface area contributed by atoms with Gasteiger partial charge in [-0.25, -0.2) is 0 Å². The third-order valence-corrected chi connectivity index (χ3v) is 3.13. The topological polar surface area (TPSA) is 78.4 Å². The van der Waals surface area contributed by atoms with Crippen LogP contribution in [0, 0.1) is 6.92 Å². The number of anilines is 1. The Morgan fingerprint density at radius 3 is 2.57 bits per heavy atom. The van der Waals surface area contributed by atoms with E-state index in [-0.39, 0.29) is 24.1 Å². The first-order valence-corrected chi connectivity index (χ1v) is 7.15. The van der Waals surface area contributed by atoms with Gasteiger partial charge in [0.2, 0.25) is 11.8 Å². The number of aryl methyl sites for hydroxylation is 1. The van der Waals surface area contributed by atoms with Gasteiger partial charge >= 0.3 is 0 Å². The molecule has 2 aromatic carbocycles. The zero-order valence-electron chi connectivity index (χ0n) is 12.7. The lowest BCUT2D eigenvalue weighted by Crippen LogP contribution is -2.31. The molecule has 118 valence electrons. The van der Waals surface area contributed by atoms with Crippen LogP contribution in [0.2, 0.25) is 0 Å². The number of phenols is 1. The molecule has 5 nitrogen and oxygen atoms in total. The van der Waals surface area contributed by atoms with E-state index < -0.39 is 0 Å². The fourth-order valence-corrected chi connectivity index (χ4v) is 1.90. The molecule has 2 aromatic rings. The highest BCUT2D eigenvalue weighted by atomic mass is 16.3. The summed E-state index contributed by atoms with van der Waals surface area (Å²) in [7, 11) is 0. The van der Waals surface area contributed by atoms with Gasteiger partial charge < -0.3 is 15.7 Å². The molecule has 0 unspecified atom stereocenters. The lowest BCUT2D eigenvalue weighted by atomic mass is 10.2. The quantitative estimate of drug-likeness (QED) is 0.586. The van der Waals surface area contributed by atoms with Crippen molar-refractivity contribution in [3.05, 3.63) is 65.7 Å². The molecule has 0 atom stereocenters. The van der Waals surface area contributed by atoms with E-state index in [1.54, 1.807) is 25.1 Å². The molecule has 0 aliphatic rings. The SMILES string of the molecule is Cc1cc(NC(=O)CNC(=O)/C=C/c2ccccc2)ccc1O. The van der Waals surface area contributed by atoms with Gasteiger partial charge in [-0.1, -0.05) is 30.3 Å². The molecule has 0 aromatic heterocycles. The third-order valence-electron chi connectivity index (χ3n) is 3.13. The molecule has 0 radical (unpaired) electrons. The Labute approximate surface area is 134 Å². The van der Waals surface area contributed by atoms with Gasteiger partial charge in [-0.05, 0) is 42.3 Å². The first-order chi connectivity index (χ1) is 11.0. The average Bonchev–Trinajstić information content (AvgIpc) is 2.55. The van der Waals surface area contributed by atoms with E-state index in [0.717, 1.165) is 5.56 Å². The number of carbonyl (C=O) groups is 2. The zero-order chi connectivity index (χ0) is 16.7. The molecule has 23 heavy (non-hydrogen) atoms. The van der Waals surface area contributed by atoms with Gasteiger partial charge in [0.1, 0.15) is 5.75 Å². The molecule has 5 heteroatoms. The molecule has 0 heterocycles. The van der Waals surface area contributed by atoms with Crippen LogP contribution < -0.4 is 10.6 Å². The van der Waals surface area contributed by atoms with E-state index in [4.69, 9.17) is 0 Å². The van der Waals surface area contributed by atoms with Gasteiger partial charge in [0.05, 0.1) is 6.54 Å². The van der Waals surface area contributed by atoms with Gasteiger partial charge in [0.15, 0.2) is 0 Å². The summed E-state index contributed by atoms with van der Waals surface area (Å²) >= 11 is 0. The number of rotatable bonds is 5. The molecule has 0 aliphatic heterocycles. The number of carbonyl (C=O) groups excluding carboxylic acids is 2. The predicted molar refractivity (Wildman–Crippen MR) is 90.0 cm³/mol. The Morgan fingerprint density at radius 2 is 1.87 bits per heavy atom. The van der Waals surface area contributed by atoms with Crippen LogP contribution in [0.25, 0.3) is 6.08 Å². The lowest BCUT2D eigenvalue weighted by Gasteiger charge is -2.07. The summed E-state index contributed by atoms with van der Waals surface area (Å²) in [5.41, 5.74) is 2.14. The molecule has 2 amide bonds. The van der Waals surface area contributed by atoms with Crippen molar-refractivity contribution in [2.45, 2.75) is 6.92 Å². The van der Waals surface area contributed by atoms with E-state index in [2.05, 4.69) is 10.6 Å². The molecule has 0 saturated carbocycles. The zero-order valence-corrected chi connectivity index (χ0v) is 12.7.